The lowest BCUT2D eigenvalue weighted by Crippen LogP contribution is -2.18. The van der Waals surface area contributed by atoms with Crippen molar-refractivity contribution in [1.82, 2.24) is 9.78 Å². The van der Waals surface area contributed by atoms with E-state index in [2.05, 4.69) is 5.10 Å². The Morgan fingerprint density at radius 1 is 1.26 bits per heavy atom. The highest BCUT2D eigenvalue weighted by Crippen LogP contribution is 2.28. The minimum absolute atomic E-state index is 0.0947. The van der Waals surface area contributed by atoms with Crippen molar-refractivity contribution in [2.24, 2.45) is 0 Å². The summed E-state index contributed by atoms with van der Waals surface area (Å²) in [5.74, 6) is 0. The van der Waals surface area contributed by atoms with Crippen LogP contribution in [-0.2, 0) is 12.7 Å². The van der Waals surface area contributed by atoms with E-state index in [-0.39, 0.29) is 12.1 Å². The summed E-state index contributed by atoms with van der Waals surface area (Å²) in [5, 5.41) is 2.14. The SMILES string of the molecule is Cc1cccc(Cn2[nH]c(C(F)(F)F)c(C)c2=O)c1. The fourth-order valence-corrected chi connectivity index (χ4v) is 1.96. The molecular weight excluding hydrogens is 257 g/mol. The molecule has 0 unspecified atom stereocenters. The predicted molar refractivity (Wildman–Crippen MR) is 65.1 cm³/mol. The molecule has 2 aromatic rings. The molecule has 3 nitrogen and oxygen atoms in total. The maximum absolute atomic E-state index is 12.7. The zero-order chi connectivity index (χ0) is 14.2. The van der Waals surface area contributed by atoms with Gasteiger partial charge < -0.3 is 0 Å². The van der Waals surface area contributed by atoms with Crippen molar-refractivity contribution in [1.29, 1.82) is 0 Å². The van der Waals surface area contributed by atoms with E-state index in [1.54, 1.807) is 12.1 Å². The average molecular weight is 270 g/mol. The largest absolute Gasteiger partial charge is 0.433 e. The van der Waals surface area contributed by atoms with Gasteiger partial charge in [0.05, 0.1) is 6.54 Å². The van der Waals surface area contributed by atoms with Crippen LogP contribution in [0.25, 0.3) is 0 Å². The summed E-state index contributed by atoms with van der Waals surface area (Å²) in [6, 6.07) is 7.28. The number of hydrogen-bond acceptors (Lipinski definition) is 1. The topological polar surface area (TPSA) is 37.8 Å². The molecule has 1 aromatic heterocycles. The number of aryl methyl sites for hydroxylation is 1. The quantitative estimate of drug-likeness (QED) is 0.895. The maximum Gasteiger partial charge on any atom is 0.433 e. The number of aromatic amines is 1. The van der Waals surface area contributed by atoms with E-state index in [9.17, 15) is 18.0 Å². The third-order valence-electron chi connectivity index (χ3n) is 2.89. The fraction of sp³-hybridized carbons (Fsp3) is 0.308. The number of aromatic nitrogens is 2. The Labute approximate surface area is 107 Å². The van der Waals surface area contributed by atoms with Crippen LogP contribution in [0.3, 0.4) is 0 Å². The van der Waals surface area contributed by atoms with Gasteiger partial charge in [-0.15, -0.1) is 0 Å². The maximum atomic E-state index is 12.7. The second-order valence-corrected chi connectivity index (χ2v) is 4.49. The van der Waals surface area contributed by atoms with Crippen molar-refractivity contribution >= 4 is 0 Å². The van der Waals surface area contributed by atoms with Crippen molar-refractivity contribution in [2.75, 3.05) is 0 Å². The highest BCUT2D eigenvalue weighted by Gasteiger charge is 2.36. The molecule has 0 bridgehead atoms. The Balaban J connectivity index is 2.40. The molecule has 1 heterocycles. The number of nitrogens with one attached hydrogen (secondary N) is 1. The second kappa shape index (κ2) is 4.60. The monoisotopic (exact) mass is 270 g/mol. The van der Waals surface area contributed by atoms with E-state index in [1.165, 1.54) is 6.92 Å². The lowest BCUT2D eigenvalue weighted by molar-refractivity contribution is -0.141. The number of nitrogens with zero attached hydrogens (tertiary/aromatic N) is 1. The first-order valence-electron chi connectivity index (χ1n) is 5.71. The van der Waals surface area contributed by atoms with Gasteiger partial charge in [0.15, 0.2) is 0 Å². The lowest BCUT2D eigenvalue weighted by Gasteiger charge is -2.05. The zero-order valence-corrected chi connectivity index (χ0v) is 10.5. The molecule has 0 saturated heterocycles. The van der Waals surface area contributed by atoms with Gasteiger partial charge >= 0.3 is 6.18 Å². The van der Waals surface area contributed by atoms with Crippen LogP contribution >= 0.6 is 0 Å². The molecule has 0 spiro atoms. The fourth-order valence-electron chi connectivity index (χ4n) is 1.96. The van der Waals surface area contributed by atoms with Gasteiger partial charge in [-0.1, -0.05) is 29.8 Å². The number of H-pyrrole nitrogens is 1. The highest BCUT2D eigenvalue weighted by molar-refractivity contribution is 5.24. The lowest BCUT2D eigenvalue weighted by atomic mass is 10.1. The van der Waals surface area contributed by atoms with Crippen LogP contribution in [0.15, 0.2) is 29.1 Å². The van der Waals surface area contributed by atoms with Gasteiger partial charge in [0.25, 0.3) is 5.56 Å². The van der Waals surface area contributed by atoms with Crippen LogP contribution in [0.5, 0.6) is 0 Å². The third kappa shape index (κ3) is 2.72. The Morgan fingerprint density at radius 3 is 2.47 bits per heavy atom. The van der Waals surface area contributed by atoms with Gasteiger partial charge in [-0.05, 0) is 19.4 Å². The summed E-state index contributed by atoms with van der Waals surface area (Å²) in [5.41, 5.74) is -0.166. The molecular formula is C13H13F3N2O. The van der Waals surface area contributed by atoms with Crippen LogP contribution in [0, 0.1) is 13.8 Å². The van der Waals surface area contributed by atoms with E-state index < -0.39 is 17.4 Å². The first-order valence-corrected chi connectivity index (χ1v) is 5.71. The molecule has 0 amide bonds. The minimum atomic E-state index is -4.54. The first-order chi connectivity index (χ1) is 8.79. The molecule has 1 N–H and O–H groups in total. The smallest absolute Gasteiger partial charge is 0.291 e. The molecule has 0 aliphatic heterocycles. The molecule has 1 aromatic carbocycles. The molecule has 0 aliphatic rings. The van der Waals surface area contributed by atoms with Crippen LogP contribution in [0.1, 0.15) is 22.4 Å². The Morgan fingerprint density at radius 2 is 1.95 bits per heavy atom. The van der Waals surface area contributed by atoms with Gasteiger partial charge in [-0.2, -0.15) is 13.2 Å². The summed E-state index contributed by atoms with van der Waals surface area (Å²) in [7, 11) is 0. The van der Waals surface area contributed by atoms with E-state index in [1.807, 2.05) is 19.1 Å². The standard InChI is InChI=1S/C13H13F3N2O/c1-8-4-3-5-10(6-8)7-18-12(19)9(2)11(17-18)13(14,15)16/h3-6,17H,7H2,1-2H3. The Bertz CT molecular complexity index is 653. The van der Waals surface area contributed by atoms with Gasteiger partial charge in [-0.3, -0.25) is 9.89 Å². The second-order valence-electron chi connectivity index (χ2n) is 4.49. The Hall–Kier alpha value is -1.98. The normalized spacial score (nSPS) is 11.8. The molecule has 0 radical (unpaired) electrons. The predicted octanol–water partition coefficient (Wildman–Crippen LogP) is 2.86. The first kappa shape index (κ1) is 13.5. The summed E-state index contributed by atoms with van der Waals surface area (Å²) >= 11 is 0. The number of hydrogen-bond donors (Lipinski definition) is 1. The molecule has 102 valence electrons. The molecule has 0 aliphatic carbocycles. The van der Waals surface area contributed by atoms with Crippen molar-refractivity contribution in [2.45, 2.75) is 26.6 Å². The molecule has 2 rings (SSSR count). The summed E-state index contributed by atoms with van der Waals surface area (Å²) in [6.07, 6.45) is -4.54. The summed E-state index contributed by atoms with van der Waals surface area (Å²) < 4.78 is 39.0. The van der Waals surface area contributed by atoms with Crippen LogP contribution in [-0.4, -0.2) is 9.78 Å². The number of rotatable bonds is 2. The summed E-state index contributed by atoms with van der Waals surface area (Å²) in [4.78, 5) is 11.8. The molecule has 0 saturated carbocycles. The van der Waals surface area contributed by atoms with Gasteiger partial charge in [0.1, 0.15) is 5.69 Å². The highest BCUT2D eigenvalue weighted by atomic mass is 19.4. The summed E-state index contributed by atoms with van der Waals surface area (Å²) in [6.45, 7) is 3.15. The van der Waals surface area contributed by atoms with Crippen molar-refractivity contribution in [3.63, 3.8) is 0 Å². The van der Waals surface area contributed by atoms with E-state index in [4.69, 9.17) is 0 Å². The molecule has 19 heavy (non-hydrogen) atoms. The zero-order valence-electron chi connectivity index (χ0n) is 10.5. The Kier molecular flexibility index (Phi) is 3.26. The average Bonchev–Trinajstić information content (AvgIpc) is 2.57. The van der Waals surface area contributed by atoms with Crippen molar-refractivity contribution < 1.29 is 13.2 Å². The van der Waals surface area contributed by atoms with Crippen LogP contribution in [0.4, 0.5) is 13.2 Å². The number of benzene rings is 1. The van der Waals surface area contributed by atoms with Crippen molar-refractivity contribution in [3.8, 4) is 0 Å². The van der Waals surface area contributed by atoms with E-state index in [0.717, 1.165) is 15.8 Å². The third-order valence-corrected chi connectivity index (χ3v) is 2.89. The number of halogens is 3. The van der Waals surface area contributed by atoms with Crippen LogP contribution < -0.4 is 5.56 Å². The van der Waals surface area contributed by atoms with E-state index in [0.29, 0.717) is 0 Å². The molecule has 0 fully saturated rings. The van der Waals surface area contributed by atoms with Crippen LogP contribution in [0.2, 0.25) is 0 Å². The minimum Gasteiger partial charge on any atom is -0.291 e. The van der Waals surface area contributed by atoms with Gasteiger partial charge in [0, 0.05) is 5.56 Å². The van der Waals surface area contributed by atoms with E-state index >= 15 is 0 Å². The molecule has 6 heteroatoms. The van der Waals surface area contributed by atoms with Crippen molar-refractivity contribution in [3.05, 3.63) is 57.0 Å². The van der Waals surface area contributed by atoms with Gasteiger partial charge in [-0.25, -0.2) is 4.68 Å². The molecule has 0 atom stereocenters. The van der Waals surface area contributed by atoms with Gasteiger partial charge in [0.2, 0.25) is 0 Å². The number of alkyl halides is 3.